The number of amidine groups is 1. The molecule has 1 aliphatic rings. The number of nitrogens with zero attached hydrogens (tertiary/aromatic N) is 1. The summed E-state index contributed by atoms with van der Waals surface area (Å²) < 4.78 is 4.64. The summed E-state index contributed by atoms with van der Waals surface area (Å²) in [4.78, 5) is 28.2. The predicted molar refractivity (Wildman–Crippen MR) is 96.7 cm³/mol. The van der Waals surface area contributed by atoms with Crippen LogP contribution in [0.3, 0.4) is 0 Å². The number of aromatic hydroxyl groups is 1. The number of para-hydroxylation sites is 1. The van der Waals surface area contributed by atoms with Gasteiger partial charge in [-0.05, 0) is 48.2 Å². The van der Waals surface area contributed by atoms with Crippen LogP contribution in [0.25, 0.3) is 6.08 Å². The molecule has 6 nitrogen and oxygen atoms in total. The van der Waals surface area contributed by atoms with Gasteiger partial charge in [0.2, 0.25) is 0 Å². The van der Waals surface area contributed by atoms with Crippen LogP contribution in [0.4, 0.5) is 5.69 Å². The third-order valence-corrected chi connectivity index (χ3v) is 4.30. The van der Waals surface area contributed by atoms with Crippen molar-refractivity contribution in [1.29, 1.82) is 0 Å². The number of nitrogens with one attached hydrogen (secondary N) is 1. The molecule has 0 bridgehead atoms. The smallest absolute Gasteiger partial charge is 0.337 e. The number of hydrogen-bond acceptors (Lipinski definition) is 6. The Balaban J connectivity index is 1.79. The summed E-state index contributed by atoms with van der Waals surface area (Å²) in [5.74, 6) is -0.596. The molecule has 1 amide bonds. The molecule has 0 atom stereocenters. The quantitative estimate of drug-likeness (QED) is 0.653. The maximum Gasteiger partial charge on any atom is 0.337 e. The van der Waals surface area contributed by atoms with Crippen molar-refractivity contribution in [2.45, 2.75) is 0 Å². The van der Waals surface area contributed by atoms with E-state index in [9.17, 15) is 14.7 Å². The van der Waals surface area contributed by atoms with Crippen LogP contribution in [0, 0.1) is 0 Å². The molecule has 25 heavy (non-hydrogen) atoms. The number of esters is 1. The van der Waals surface area contributed by atoms with Crippen LogP contribution in [0.1, 0.15) is 15.9 Å². The SMILES string of the molecule is COC(=O)c1ccc(N=C2NC(=O)/C(=C/c3ccccc3O)S2)cc1. The van der Waals surface area contributed by atoms with Gasteiger partial charge in [0.05, 0.1) is 23.3 Å². The Morgan fingerprint density at radius 1 is 1.20 bits per heavy atom. The molecule has 126 valence electrons. The van der Waals surface area contributed by atoms with E-state index in [1.54, 1.807) is 54.6 Å². The number of phenols is 1. The molecular formula is C18H14N2O4S. The Hall–Kier alpha value is -3.06. The van der Waals surface area contributed by atoms with Gasteiger partial charge in [-0.3, -0.25) is 4.79 Å². The molecule has 1 aliphatic heterocycles. The highest BCUT2D eigenvalue weighted by molar-refractivity contribution is 8.18. The van der Waals surface area contributed by atoms with Gasteiger partial charge in [0.1, 0.15) is 5.75 Å². The van der Waals surface area contributed by atoms with Gasteiger partial charge in [-0.2, -0.15) is 0 Å². The lowest BCUT2D eigenvalue weighted by Gasteiger charge is -2.00. The molecule has 1 heterocycles. The molecule has 0 aliphatic carbocycles. The highest BCUT2D eigenvalue weighted by Crippen LogP contribution is 2.30. The fourth-order valence-electron chi connectivity index (χ4n) is 2.14. The molecule has 0 aromatic heterocycles. The van der Waals surface area contributed by atoms with E-state index >= 15 is 0 Å². The lowest BCUT2D eigenvalue weighted by molar-refractivity contribution is -0.115. The number of benzene rings is 2. The largest absolute Gasteiger partial charge is 0.507 e. The molecule has 2 aromatic carbocycles. The summed E-state index contributed by atoms with van der Waals surface area (Å²) in [6.45, 7) is 0. The van der Waals surface area contributed by atoms with Gasteiger partial charge in [-0.15, -0.1) is 0 Å². The molecular weight excluding hydrogens is 340 g/mol. The standard InChI is InChI=1S/C18H14N2O4S/c1-24-17(23)11-6-8-13(9-7-11)19-18-20-16(22)15(25-18)10-12-4-2-3-5-14(12)21/h2-10,21H,1H3,(H,19,20,22)/b15-10-. The zero-order valence-electron chi connectivity index (χ0n) is 13.2. The molecule has 7 heteroatoms. The Kier molecular flexibility index (Phi) is 4.85. The molecule has 0 unspecified atom stereocenters. The van der Waals surface area contributed by atoms with E-state index in [1.807, 2.05) is 0 Å². The molecule has 1 saturated heterocycles. The Morgan fingerprint density at radius 3 is 2.60 bits per heavy atom. The van der Waals surface area contributed by atoms with Crippen LogP contribution in [-0.2, 0) is 9.53 Å². The maximum atomic E-state index is 12.0. The topological polar surface area (TPSA) is 88.0 Å². The average molecular weight is 354 g/mol. The molecule has 2 N–H and O–H groups in total. The van der Waals surface area contributed by atoms with E-state index in [4.69, 9.17) is 0 Å². The Bertz CT molecular complexity index is 888. The van der Waals surface area contributed by atoms with Gasteiger partial charge < -0.3 is 15.2 Å². The van der Waals surface area contributed by atoms with Gasteiger partial charge in [0.25, 0.3) is 5.91 Å². The van der Waals surface area contributed by atoms with E-state index in [0.29, 0.717) is 26.9 Å². The Labute approximate surface area is 148 Å². The normalized spacial score (nSPS) is 16.9. The van der Waals surface area contributed by atoms with Crippen LogP contribution < -0.4 is 5.32 Å². The molecule has 2 aromatic rings. The van der Waals surface area contributed by atoms with Gasteiger partial charge in [0.15, 0.2) is 5.17 Å². The van der Waals surface area contributed by atoms with Crippen molar-refractivity contribution < 1.29 is 19.4 Å². The monoisotopic (exact) mass is 354 g/mol. The zero-order chi connectivity index (χ0) is 17.8. The highest BCUT2D eigenvalue weighted by atomic mass is 32.2. The van der Waals surface area contributed by atoms with Crippen LogP contribution >= 0.6 is 11.8 Å². The van der Waals surface area contributed by atoms with Gasteiger partial charge >= 0.3 is 5.97 Å². The molecule has 1 fully saturated rings. The second kappa shape index (κ2) is 7.23. The molecule has 0 saturated carbocycles. The zero-order valence-corrected chi connectivity index (χ0v) is 14.0. The minimum atomic E-state index is -0.421. The summed E-state index contributed by atoms with van der Waals surface area (Å²) in [7, 11) is 1.32. The van der Waals surface area contributed by atoms with Gasteiger partial charge in [-0.1, -0.05) is 18.2 Å². The van der Waals surface area contributed by atoms with Crippen molar-refractivity contribution in [3.05, 3.63) is 64.6 Å². The maximum absolute atomic E-state index is 12.0. The van der Waals surface area contributed by atoms with Crippen molar-refractivity contribution in [2.24, 2.45) is 4.99 Å². The predicted octanol–water partition coefficient (Wildman–Crippen LogP) is 3.07. The summed E-state index contributed by atoms with van der Waals surface area (Å²) in [6.07, 6.45) is 1.61. The first-order valence-electron chi connectivity index (χ1n) is 7.33. The first kappa shape index (κ1) is 16.8. The second-order valence-corrected chi connectivity index (χ2v) is 6.11. The second-order valence-electron chi connectivity index (χ2n) is 5.08. The molecule has 0 spiro atoms. The van der Waals surface area contributed by atoms with E-state index < -0.39 is 5.97 Å². The first-order valence-corrected chi connectivity index (χ1v) is 8.14. The number of ether oxygens (including phenoxy) is 1. The van der Waals surface area contributed by atoms with Crippen molar-refractivity contribution in [2.75, 3.05) is 7.11 Å². The summed E-state index contributed by atoms with van der Waals surface area (Å²) in [6, 6.07) is 13.3. The van der Waals surface area contributed by atoms with Gasteiger partial charge in [0, 0.05) is 5.56 Å². The minimum absolute atomic E-state index is 0.104. The number of carbonyl (C=O) groups is 2. The number of aliphatic imine (C=N–C) groups is 1. The number of hydrogen-bond donors (Lipinski definition) is 2. The van der Waals surface area contributed by atoms with E-state index in [-0.39, 0.29) is 11.7 Å². The number of methoxy groups -OCH3 is 1. The van der Waals surface area contributed by atoms with E-state index in [1.165, 1.54) is 18.9 Å². The van der Waals surface area contributed by atoms with Crippen molar-refractivity contribution in [3.63, 3.8) is 0 Å². The van der Waals surface area contributed by atoms with E-state index in [2.05, 4.69) is 15.0 Å². The number of carbonyl (C=O) groups excluding carboxylic acids is 2. The summed E-state index contributed by atoms with van der Waals surface area (Å²) in [5, 5.41) is 12.9. The van der Waals surface area contributed by atoms with Gasteiger partial charge in [-0.25, -0.2) is 9.79 Å². The summed E-state index contributed by atoms with van der Waals surface area (Å²) in [5.41, 5.74) is 1.58. The third kappa shape index (κ3) is 3.89. The Morgan fingerprint density at radius 2 is 1.92 bits per heavy atom. The number of rotatable bonds is 3. The number of amides is 1. The third-order valence-electron chi connectivity index (χ3n) is 3.39. The van der Waals surface area contributed by atoms with Crippen molar-refractivity contribution >= 4 is 40.6 Å². The average Bonchev–Trinajstić information content (AvgIpc) is 2.96. The molecule has 0 radical (unpaired) electrons. The van der Waals surface area contributed by atoms with Crippen LogP contribution in [0.15, 0.2) is 58.4 Å². The van der Waals surface area contributed by atoms with Crippen molar-refractivity contribution in [1.82, 2.24) is 5.32 Å². The van der Waals surface area contributed by atoms with Crippen LogP contribution in [0.5, 0.6) is 5.75 Å². The highest BCUT2D eigenvalue weighted by Gasteiger charge is 2.24. The number of phenolic OH excluding ortho intramolecular Hbond substituents is 1. The summed E-state index contributed by atoms with van der Waals surface area (Å²) >= 11 is 1.18. The lowest BCUT2D eigenvalue weighted by atomic mass is 10.2. The fraction of sp³-hybridized carbons (Fsp3) is 0.0556. The van der Waals surface area contributed by atoms with Crippen LogP contribution in [0.2, 0.25) is 0 Å². The van der Waals surface area contributed by atoms with Crippen molar-refractivity contribution in [3.8, 4) is 5.75 Å². The first-order chi connectivity index (χ1) is 12.1. The van der Waals surface area contributed by atoms with Crippen LogP contribution in [-0.4, -0.2) is 29.3 Å². The fourth-order valence-corrected chi connectivity index (χ4v) is 2.97. The molecule has 3 rings (SSSR count). The van der Waals surface area contributed by atoms with E-state index in [0.717, 1.165) is 0 Å². The minimum Gasteiger partial charge on any atom is -0.507 e. The lowest BCUT2D eigenvalue weighted by Crippen LogP contribution is -2.19. The number of thioether (sulfide) groups is 1.